The van der Waals surface area contributed by atoms with Crippen molar-refractivity contribution in [1.82, 2.24) is 5.32 Å². The Morgan fingerprint density at radius 1 is 1.40 bits per heavy atom. The standard InChI is InChI=1S/C15H21NO3S/c1-19-14(18)9-8-13(17)16-15(11-5-2-3-6-11)12-7-4-10-20-12/h4,7,10-11,15H,2-3,5-6,8-9H2,1H3,(H,16,17)/t15-/m1/s1. The molecular weight excluding hydrogens is 274 g/mol. The monoisotopic (exact) mass is 295 g/mol. The molecule has 2 rings (SSSR count). The number of ether oxygens (including phenoxy) is 1. The summed E-state index contributed by atoms with van der Waals surface area (Å²) in [5.41, 5.74) is 0. The molecule has 1 saturated carbocycles. The molecule has 0 unspecified atom stereocenters. The molecule has 1 atom stereocenters. The highest BCUT2D eigenvalue weighted by molar-refractivity contribution is 7.10. The minimum Gasteiger partial charge on any atom is -0.469 e. The van der Waals surface area contributed by atoms with Crippen molar-refractivity contribution in [3.8, 4) is 0 Å². The largest absolute Gasteiger partial charge is 0.469 e. The molecule has 4 nitrogen and oxygen atoms in total. The molecule has 1 aliphatic rings. The van der Waals surface area contributed by atoms with Crippen LogP contribution in [0.4, 0.5) is 0 Å². The fourth-order valence-corrected chi connectivity index (χ4v) is 3.61. The van der Waals surface area contributed by atoms with E-state index in [-0.39, 0.29) is 30.8 Å². The second-order valence-corrected chi connectivity index (χ2v) is 6.16. The van der Waals surface area contributed by atoms with Gasteiger partial charge in [-0.25, -0.2) is 0 Å². The van der Waals surface area contributed by atoms with Crippen LogP contribution in [0.25, 0.3) is 0 Å². The van der Waals surface area contributed by atoms with Crippen LogP contribution in [-0.4, -0.2) is 19.0 Å². The van der Waals surface area contributed by atoms with Crippen LogP contribution in [0.1, 0.15) is 49.4 Å². The van der Waals surface area contributed by atoms with Crippen LogP contribution in [0.3, 0.4) is 0 Å². The second kappa shape index (κ2) is 7.43. The molecule has 0 saturated heterocycles. The van der Waals surface area contributed by atoms with Gasteiger partial charge in [0.1, 0.15) is 0 Å². The Morgan fingerprint density at radius 2 is 2.15 bits per heavy atom. The highest BCUT2D eigenvalue weighted by Crippen LogP contribution is 2.37. The quantitative estimate of drug-likeness (QED) is 0.821. The van der Waals surface area contributed by atoms with E-state index < -0.39 is 0 Å². The summed E-state index contributed by atoms with van der Waals surface area (Å²) in [6.07, 6.45) is 5.15. The van der Waals surface area contributed by atoms with Gasteiger partial charge in [0.2, 0.25) is 5.91 Å². The van der Waals surface area contributed by atoms with E-state index in [2.05, 4.69) is 16.1 Å². The lowest BCUT2D eigenvalue weighted by Crippen LogP contribution is -2.32. The molecule has 0 radical (unpaired) electrons. The summed E-state index contributed by atoms with van der Waals surface area (Å²) in [6, 6.07) is 4.19. The third kappa shape index (κ3) is 4.07. The number of hydrogen-bond acceptors (Lipinski definition) is 4. The molecule has 1 heterocycles. The molecule has 0 aromatic carbocycles. The van der Waals surface area contributed by atoms with Crippen molar-refractivity contribution in [2.45, 2.75) is 44.6 Å². The molecule has 110 valence electrons. The SMILES string of the molecule is COC(=O)CCC(=O)N[C@@H](c1cccs1)C1CCCC1. The number of amides is 1. The maximum Gasteiger partial charge on any atom is 0.306 e. The van der Waals surface area contributed by atoms with Gasteiger partial charge in [-0.15, -0.1) is 11.3 Å². The Morgan fingerprint density at radius 3 is 2.75 bits per heavy atom. The number of carbonyl (C=O) groups excluding carboxylic acids is 2. The van der Waals surface area contributed by atoms with Gasteiger partial charge >= 0.3 is 5.97 Å². The summed E-state index contributed by atoms with van der Waals surface area (Å²) < 4.78 is 4.56. The first-order valence-electron chi connectivity index (χ1n) is 7.10. The predicted molar refractivity (Wildman–Crippen MR) is 78.4 cm³/mol. The van der Waals surface area contributed by atoms with Crippen LogP contribution < -0.4 is 5.32 Å². The topological polar surface area (TPSA) is 55.4 Å². The summed E-state index contributed by atoms with van der Waals surface area (Å²) in [7, 11) is 1.34. The van der Waals surface area contributed by atoms with E-state index in [0.717, 1.165) is 0 Å². The van der Waals surface area contributed by atoms with Crippen LogP contribution >= 0.6 is 11.3 Å². The fraction of sp³-hybridized carbons (Fsp3) is 0.600. The van der Waals surface area contributed by atoms with E-state index in [1.165, 1.54) is 37.7 Å². The molecule has 1 amide bonds. The van der Waals surface area contributed by atoms with Crippen LogP contribution in [-0.2, 0) is 14.3 Å². The maximum absolute atomic E-state index is 12.0. The van der Waals surface area contributed by atoms with E-state index in [9.17, 15) is 9.59 Å². The van der Waals surface area contributed by atoms with Crippen molar-refractivity contribution < 1.29 is 14.3 Å². The Labute approximate surface area is 123 Å². The first-order chi connectivity index (χ1) is 9.70. The van der Waals surface area contributed by atoms with Crippen molar-refractivity contribution in [2.24, 2.45) is 5.92 Å². The van der Waals surface area contributed by atoms with Crippen molar-refractivity contribution >= 4 is 23.2 Å². The third-order valence-electron chi connectivity index (χ3n) is 3.82. The van der Waals surface area contributed by atoms with Gasteiger partial charge in [0.25, 0.3) is 0 Å². The molecule has 1 aliphatic carbocycles. The first-order valence-corrected chi connectivity index (χ1v) is 7.98. The average molecular weight is 295 g/mol. The molecule has 0 spiro atoms. The number of rotatable bonds is 6. The lowest BCUT2D eigenvalue weighted by atomic mass is 9.96. The van der Waals surface area contributed by atoms with E-state index in [0.29, 0.717) is 5.92 Å². The van der Waals surface area contributed by atoms with Crippen molar-refractivity contribution in [3.63, 3.8) is 0 Å². The molecule has 1 N–H and O–H groups in total. The third-order valence-corrected chi connectivity index (χ3v) is 4.78. The molecule has 5 heteroatoms. The normalized spacial score (nSPS) is 16.9. The molecule has 1 aromatic heterocycles. The van der Waals surface area contributed by atoms with Crippen LogP contribution in [0.5, 0.6) is 0 Å². The Bertz CT molecular complexity index is 438. The number of nitrogens with one attached hydrogen (secondary N) is 1. The molecule has 1 aromatic rings. The van der Waals surface area contributed by atoms with Gasteiger partial charge < -0.3 is 10.1 Å². The van der Waals surface area contributed by atoms with Crippen LogP contribution in [0.15, 0.2) is 17.5 Å². The summed E-state index contributed by atoms with van der Waals surface area (Å²) in [4.78, 5) is 24.3. The lowest BCUT2D eigenvalue weighted by Gasteiger charge is -2.23. The van der Waals surface area contributed by atoms with Gasteiger partial charge in [-0.2, -0.15) is 0 Å². The second-order valence-electron chi connectivity index (χ2n) is 5.18. The minimum absolute atomic E-state index is 0.0688. The van der Waals surface area contributed by atoms with Crippen molar-refractivity contribution in [2.75, 3.05) is 7.11 Å². The smallest absolute Gasteiger partial charge is 0.306 e. The maximum atomic E-state index is 12.0. The van der Waals surface area contributed by atoms with Gasteiger partial charge in [0.15, 0.2) is 0 Å². The lowest BCUT2D eigenvalue weighted by molar-refractivity contribution is -0.142. The molecule has 0 aliphatic heterocycles. The van der Waals surface area contributed by atoms with Crippen molar-refractivity contribution in [3.05, 3.63) is 22.4 Å². The van der Waals surface area contributed by atoms with Gasteiger partial charge in [-0.1, -0.05) is 18.9 Å². The number of hydrogen-bond donors (Lipinski definition) is 1. The van der Waals surface area contributed by atoms with Gasteiger partial charge in [-0.3, -0.25) is 9.59 Å². The van der Waals surface area contributed by atoms with E-state index >= 15 is 0 Å². The van der Waals surface area contributed by atoms with Crippen LogP contribution in [0, 0.1) is 5.92 Å². The van der Waals surface area contributed by atoms with E-state index in [1.54, 1.807) is 11.3 Å². The fourth-order valence-electron chi connectivity index (χ4n) is 2.74. The zero-order chi connectivity index (χ0) is 14.4. The number of esters is 1. The highest BCUT2D eigenvalue weighted by atomic mass is 32.1. The van der Waals surface area contributed by atoms with E-state index in [4.69, 9.17) is 0 Å². The van der Waals surface area contributed by atoms with Crippen molar-refractivity contribution in [1.29, 1.82) is 0 Å². The van der Waals surface area contributed by atoms with Gasteiger partial charge in [0, 0.05) is 11.3 Å². The first kappa shape index (κ1) is 15.0. The molecular formula is C15H21NO3S. The predicted octanol–water partition coefficient (Wildman–Crippen LogP) is 3.05. The molecule has 1 fully saturated rings. The zero-order valence-corrected chi connectivity index (χ0v) is 12.6. The summed E-state index contributed by atoms with van der Waals surface area (Å²) in [5, 5.41) is 5.14. The van der Waals surface area contributed by atoms with Gasteiger partial charge in [0.05, 0.1) is 19.6 Å². The summed E-state index contributed by atoms with van der Waals surface area (Å²) in [5.74, 6) is 0.116. The van der Waals surface area contributed by atoms with E-state index in [1.807, 2.05) is 11.4 Å². The zero-order valence-electron chi connectivity index (χ0n) is 11.8. The summed E-state index contributed by atoms with van der Waals surface area (Å²) in [6.45, 7) is 0. The number of methoxy groups -OCH3 is 1. The average Bonchev–Trinajstić information content (AvgIpc) is 3.14. The summed E-state index contributed by atoms with van der Waals surface area (Å²) >= 11 is 1.68. The Kier molecular flexibility index (Phi) is 5.59. The number of thiophene rings is 1. The van der Waals surface area contributed by atoms with Crippen LogP contribution in [0.2, 0.25) is 0 Å². The Balaban J connectivity index is 1.93. The molecule has 20 heavy (non-hydrogen) atoms. The Hall–Kier alpha value is -1.36. The van der Waals surface area contributed by atoms with Gasteiger partial charge in [-0.05, 0) is 30.2 Å². The molecule has 0 bridgehead atoms. The minimum atomic E-state index is -0.339. The number of carbonyl (C=O) groups is 2. The highest BCUT2D eigenvalue weighted by Gasteiger charge is 2.28.